The third-order valence-electron chi connectivity index (χ3n) is 4.25. The second kappa shape index (κ2) is 6.91. The number of likely N-dealkylation sites (N-methyl/N-ethyl adjacent to an activating group) is 1. The maximum atomic E-state index is 12.3. The minimum atomic E-state index is -0.119. The molecule has 23 heavy (non-hydrogen) atoms. The van der Waals surface area contributed by atoms with Crippen LogP contribution in [-0.2, 0) is 11.2 Å². The van der Waals surface area contributed by atoms with Crippen LogP contribution in [0.2, 0.25) is 10.0 Å². The Morgan fingerprint density at radius 1 is 1.17 bits per heavy atom. The van der Waals surface area contributed by atoms with Gasteiger partial charge < -0.3 is 5.32 Å². The standard InChI is InChI=1S/C18H18Cl2N2O/c1-22(16-10-9-12-5-2-3-6-13(12)16)11-17(23)21-18-14(19)7-4-8-15(18)20/h2-8,16H,9-11H2,1H3,(H,21,23)/t16-/m0/s1. The molecule has 1 amide bonds. The zero-order valence-electron chi connectivity index (χ0n) is 12.9. The lowest BCUT2D eigenvalue weighted by atomic mass is 10.1. The summed E-state index contributed by atoms with van der Waals surface area (Å²) in [7, 11) is 1.97. The molecule has 0 fully saturated rings. The van der Waals surface area contributed by atoms with Crippen LogP contribution in [0, 0.1) is 0 Å². The molecule has 1 N–H and O–H groups in total. The van der Waals surface area contributed by atoms with Crippen molar-refractivity contribution in [2.75, 3.05) is 18.9 Å². The van der Waals surface area contributed by atoms with E-state index in [1.54, 1.807) is 18.2 Å². The third-order valence-corrected chi connectivity index (χ3v) is 4.88. The largest absolute Gasteiger partial charge is 0.322 e. The number of anilines is 1. The second-order valence-corrected chi connectivity index (χ2v) is 6.63. The van der Waals surface area contributed by atoms with Crippen LogP contribution in [0.4, 0.5) is 5.69 Å². The van der Waals surface area contributed by atoms with E-state index in [0.29, 0.717) is 22.3 Å². The zero-order chi connectivity index (χ0) is 16.4. The van der Waals surface area contributed by atoms with Crippen molar-refractivity contribution in [3.63, 3.8) is 0 Å². The quantitative estimate of drug-likeness (QED) is 0.878. The van der Waals surface area contributed by atoms with Crippen LogP contribution in [0.3, 0.4) is 0 Å². The van der Waals surface area contributed by atoms with E-state index in [1.807, 2.05) is 7.05 Å². The highest BCUT2D eigenvalue weighted by molar-refractivity contribution is 6.39. The minimum absolute atomic E-state index is 0.119. The zero-order valence-corrected chi connectivity index (χ0v) is 14.4. The van der Waals surface area contributed by atoms with Gasteiger partial charge in [0.15, 0.2) is 0 Å². The first-order valence-corrected chi connectivity index (χ1v) is 8.34. The van der Waals surface area contributed by atoms with Crippen molar-refractivity contribution in [3.8, 4) is 0 Å². The number of hydrogen-bond acceptors (Lipinski definition) is 2. The molecule has 3 nitrogen and oxygen atoms in total. The maximum absolute atomic E-state index is 12.3. The number of carbonyl (C=O) groups excluding carboxylic acids is 1. The predicted octanol–water partition coefficient (Wildman–Crippen LogP) is 4.55. The lowest BCUT2D eigenvalue weighted by molar-refractivity contribution is -0.117. The molecule has 2 aromatic carbocycles. The Bertz CT molecular complexity index is 712. The van der Waals surface area contributed by atoms with Gasteiger partial charge in [-0.15, -0.1) is 0 Å². The van der Waals surface area contributed by atoms with Gasteiger partial charge in [-0.1, -0.05) is 53.5 Å². The molecule has 120 valence electrons. The number of fused-ring (bicyclic) bond motifs is 1. The molecule has 0 saturated heterocycles. The fourth-order valence-electron chi connectivity index (χ4n) is 3.13. The number of amides is 1. The van der Waals surface area contributed by atoms with Crippen molar-refractivity contribution in [3.05, 3.63) is 63.6 Å². The van der Waals surface area contributed by atoms with Crippen LogP contribution in [0.25, 0.3) is 0 Å². The first-order valence-electron chi connectivity index (χ1n) is 7.58. The van der Waals surface area contributed by atoms with Gasteiger partial charge in [0.05, 0.1) is 22.3 Å². The third kappa shape index (κ3) is 3.52. The predicted molar refractivity (Wildman–Crippen MR) is 95.2 cm³/mol. The van der Waals surface area contributed by atoms with E-state index in [4.69, 9.17) is 23.2 Å². The number of nitrogens with zero attached hydrogens (tertiary/aromatic N) is 1. The molecule has 0 aromatic heterocycles. The van der Waals surface area contributed by atoms with Crippen LogP contribution >= 0.6 is 23.2 Å². The summed E-state index contributed by atoms with van der Waals surface area (Å²) in [5.74, 6) is -0.119. The number of halogens is 2. The van der Waals surface area contributed by atoms with Crippen molar-refractivity contribution in [1.29, 1.82) is 0 Å². The summed E-state index contributed by atoms with van der Waals surface area (Å²) in [6.45, 7) is 0.292. The van der Waals surface area contributed by atoms with Gasteiger partial charge in [-0.05, 0) is 43.1 Å². The second-order valence-electron chi connectivity index (χ2n) is 5.81. The van der Waals surface area contributed by atoms with Gasteiger partial charge in [0.2, 0.25) is 5.91 Å². The van der Waals surface area contributed by atoms with Crippen molar-refractivity contribution < 1.29 is 4.79 Å². The summed E-state index contributed by atoms with van der Waals surface area (Å²) in [6.07, 6.45) is 2.10. The molecule has 0 unspecified atom stereocenters. The Kier molecular flexibility index (Phi) is 4.90. The van der Waals surface area contributed by atoms with E-state index in [-0.39, 0.29) is 11.9 Å². The fourth-order valence-corrected chi connectivity index (χ4v) is 3.62. The Labute approximate surface area is 146 Å². The Hall–Kier alpha value is -1.55. The molecule has 5 heteroatoms. The van der Waals surface area contributed by atoms with Crippen LogP contribution in [0.15, 0.2) is 42.5 Å². The highest BCUT2D eigenvalue weighted by atomic mass is 35.5. The topological polar surface area (TPSA) is 32.3 Å². The van der Waals surface area contributed by atoms with Crippen LogP contribution in [-0.4, -0.2) is 24.4 Å². The molecule has 1 aliphatic rings. The number of aryl methyl sites for hydroxylation is 1. The van der Waals surface area contributed by atoms with Crippen LogP contribution in [0.5, 0.6) is 0 Å². The van der Waals surface area contributed by atoms with Crippen molar-refractivity contribution in [2.45, 2.75) is 18.9 Å². The fraction of sp³-hybridized carbons (Fsp3) is 0.278. The molecule has 0 saturated carbocycles. The Balaban J connectivity index is 1.67. The molecule has 0 aliphatic heterocycles. The van der Waals surface area contributed by atoms with E-state index in [9.17, 15) is 4.79 Å². The number of benzene rings is 2. The summed E-state index contributed by atoms with van der Waals surface area (Å²) in [5.41, 5.74) is 3.17. The maximum Gasteiger partial charge on any atom is 0.238 e. The molecule has 0 heterocycles. The number of rotatable bonds is 4. The number of hydrogen-bond donors (Lipinski definition) is 1. The van der Waals surface area contributed by atoms with Gasteiger partial charge in [-0.25, -0.2) is 0 Å². The molecular weight excluding hydrogens is 331 g/mol. The van der Waals surface area contributed by atoms with Crippen molar-refractivity contribution >= 4 is 34.8 Å². The van der Waals surface area contributed by atoms with Crippen molar-refractivity contribution in [1.82, 2.24) is 4.90 Å². The monoisotopic (exact) mass is 348 g/mol. The Morgan fingerprint density at radius 2 is 1.87 bits per heavy atom. The average molecular weight is 349 g/mol. The summed E-state index contributed by atoms with van der Waals surface area (Å²) in [5, 5.41) is 3.70. The van der Waals surface area contributed by atoms with Crippen LogP contribution in [0.1, 0.15) is 23.6 Å². The Morgan fingerprint density at radius 3 is 2.61 bits per heavy atom. The lowest BCUT2D eigenvalue weighted by Crippen LogP contribution is -2.32. The van der Waals surface area contributed by atoms with Gasteiger partial charge in [0, 0.05) is 6.04 Å². The summed E-state index contributed by atoms with van der Waals surface area (Å²) < 4.78 is 0. The van der Waals surface area contributed by atoms with Gasteiger partial charge in [-0.2, -0.15) is 0 Å². The molecule has 0 spiro atoms. The van der Waals surface area contributed by atoms with Gasteiger partial charge in [0.25, 0.3) is 0 Å². The SMILES string of the molecule is CN(CC(=O)Nc1c(Cl)cccc1Cl)[C@H]1CCc2ccccc21. The normalized spacial score (nSPS) is 16.4. The van der Waals surface area contributed by atoms with E-state index in [0.717, 1.165) is 12.8 Å². The number of nitrogens with one attached hydrogen (secondary N) is 1. The lowest BCUT2D eigenvalue weighted by Gasteiger charge is -2.24. The first-order chi connectivity index (χ1) is 11.1. The smallest absolute Gasteiger partial charge is 0.238 e. The molecule has 0 radical (unpaired) electrons. The van der Waals surface area contributed by atoms with Gasteiger partial charge >= 0.3 is 0 Å². The molecular formula is C18H18Cl2N2O. The molecule has 3 rings (SSSR count). The van der Waals surface area contributed by atoms with E-state index in [1.165, 1.54) is 11.1 Å². The minimum Gasteiger partial charge on any atom is -0.322 e. The van der Waals surface area contributed by atoms with Crippen LogP contribution < -0.4 is 5.32 Å². The highest BCUT2D eigenvalue weighted by Crippen LogP contribution is 2.35. The van der Waals surface area contributed by atoms with Gasteiger partial charge in [0.1, 0.15) is 0 Å². The van der Waals surface area contributed by atoms with Crippen molar-refractivity contribution in [2.24, 2.45) is 0 Å². The number of carbonyl (C=O) groups is 1. The average Bonchev–Trinajstić information content (AvgIpc) is 2.95. The van der Waals surface area contributed by atoms with E-state index >= 15 is 0 Å². The van der Waals surface area contributed by atoms with E-state index < -0.39 is 0 Å². The summed E-state index contributed by atoms with van der Waals surface area (Å²) in [6, 6.07) is 13.9. The summed E-state index contributed by atoms with van der Waals surface area (Å²) >= 11 is 12.2. The summed E-state index contributed by atoms with van der Waals surface area (Å²) in [4.78, 5) is 14.4. The molecule has 0 bridgehead atoms. The molecule has 1 atom stereocenters. The van der Waals surface area contributed by atoms with E-state index in [2.05, 4.69) is 34.5 Å². The first kappa shape index (κ1) is 16.3. The molecule has 1 aliphatic carbocycles. The number of para-hydroxylation sites is 1. The van der Waals surface area contributed by atoms with Gasteiger partial charge in [-0.3, -0.25) is 9.69 Å². The molecule has 2 aromatic rings. The highest BCUT2D eigenvalue weighted by Gasteiger charge is 2.26.